The molecule has 1 atom stereocenters. The second kappa shape index (κ2) is 5.30. The molecule has 3 rings (SSSR count). The van der Waals surface area contributed by atoms with Gasteiger partial charge in [0.2, 0.25) is 0 Å². The monoisotopic (exact) mass is 287 g/mol. The van der Waals surface area contributed by atoms with Crippen LogP contribution >= 0.6 is 0 Å². The second-order valence-electron chi connectivity index (χ2n) is 5.05. The highest BCUT2D eigenvalue weighted by Crippen LogP contribution is 2.30. The third-order valence-electron chi connectivity index (χ3n) is 3.61. The molecule has 0 saturated heterocycles. The second-order valence-corrected chi connectivity index (χ2v) is 5.05. The molecule has 0 aliphatic carbocycles. The number of aryl methyl sites for hydroxylation is 1. The van der Waals surface area contributed by atoms with Crippen molar-refractivity contribution in [2.24, 2.45) is 0 Å². The number of hydrogen-bond acceptors (Lipinski definition) is 2. The van der Waals surface area contributed by atoms with Crippen LogP contribution in [0.5, 0.6) is 0 Å². The predicted octanol–water partition coefficient (Wildman–Crippen LogP) is 4.33. The molecule has 2 aromatic carbocycles. The quantitative estimate of drug-likeness (QED) is 0.775. The number of benzene rings is 2. The Hall–Kier alpha value is -2.20. The first kappa shape index (κ1) is 13.8. The zero-order chi connectivity index (χ0) is 15.0. The van der Waals surface area contributed by atoms with Gasteiger partial charge in [-0.25, -0.2) is 8.78 Å². The van der Waals surface area contributed by atoms with E-state index in [0.717, 1.165) is 11.1 Å². The normalized spacial score (nSPS) is 12.8. The summed E-state index contributed by atoms with van der Waals surface area (Å²) in [7, 11) is 1.81. The van der Waals surface area contributed by atoms with Crippen LogP contribution in [0, 0.1) is 18.6 Å². The summed E-state index contributed by atoms with van der Waals surface area (Å²) in [6.07, 6.45) is 0. The van der Waals surface area contributed by atoms with E-state index < -0.39 is 0 Å². The topological polar surface area (TPSA) is 25.2 Å². The number of furan rings is 1. The lowest BCUT2D eigenvalue weighted by Gasteiger charge is -2.16. The number of rotatable bonds is 3. The molecule has 2 nitrogen and oxygen atoms in total. The highest BCUT2D eigenvalue weighted by atomic mass is 19.1. The lowest BCUT2D eigenvalue weighted by Crippen LogP contribution is -2.18. The Kier molecular flexibility index (Phi) is 3.47. The number of nitrogens with one attached hydrogen (secondary N) is 1. The highest BCUT2D eigenvalue weighted by molar-refractivity contribution is 5.78. The molecule has 1 N–H and O–H groups in total. The summed E-state index contributed by atoms with van der Waals surface area (Å²) in [6.45, 7) is 1.85. The maximum absolute atomic E-state index is 13.3. The Morgan fingerprint density at radius 1 is 1.00 bits per heavy atom. The molecule has 0 aliphatic rings. The molecule has 21 heavy (non-hydrogen) atoms. The molecular formula is C17H15F2NO. The average Bonchev–Trinajstić information content (AvgIpc) is 2.84. The summed E-state index contributed by atoms with van der Waals surface area (Å²) >= 11 is 0. The van der Waals surface area contributed by atoms with Crippen LogP contribution in [0.15, 0.2) is 46.9 Å². The lowest BCUT2D eigenvalue weighted by molar-refractivity contribution is 0.489. The van der Waals surface area contributed by atoms with Crippen LogP contribution in [0.1, 0.15) is 22.9 Å². The van der Waals surface area contributed by atoms with Crippen LogP contribution < -0.4 is 5.32 Å². The first-order valence-electron chi connectivity index (χ1n) is 6.71. The minimum Gasteiger partial charge on any atom is -0.459 e. The SMILES string of the molecule is CNC(c1cc2cc(F)ccc2o1)c1ccc(F)cc1C. The van der Waals surface area contributed by atoms with Crippen LogP contribution in [-0.4, -0.2) is 7.05 Å². The first-order chi connectivity index (χ1) is 10.1. The van der Waals surface area contributed by atoms with Crippen molar-refractivity contribution < 1.29 is 13.2 Å². The van der Waals surface area contributed by atoms with E-state index in [1.54, 1.807) is 19.2 Å². The zero-order valence-corrected chi connectivity index (χ0v) is 11.8. The lowest BCUT2D eigenvalue weighted by atomic mass is 9.99. The Labute approximate surface area is 121 Å². The van der Waals surface area contributed by atoms with Gasteiger partial charge in [-0.05, 0) is 61.5 Å². The molecule has 1 unspecified atom stereocenters. The Bertz CT molecular complexity index is 795. The van der Waals surface area contributed by atoms with Crippen LogP contribution in [0.2, 0.25) is 0 Å². The Morgan fingerprint density at radius 3 is 2.43 bits per heavy atom. The minimum atomic E-state index is -0.297. The van der Waals surface area contributed by atoms with Gasteiger partial charge in [-0.2, -0.15) is 0 Å². The van der Waals surface area contributed by atoms with E-state index in [9.17, 15) is 8.78 Å². The van der Waals surface area contributed by atoms with Gasteiger partial charge in [0, 0.05) is 5.39 Å². The van der Waals surface area contributed by atoms with Crippen LogP contribution in [0.3, 0.4) is 0 Å². The molecule has 108 valence electrons. The first-order valence-corrected chi connectivity index (χ1v) is 6.71. The average molecular weight is 287 g/mol. The van der Waals surface area contributed by atoms with Crippen molar-refractivity contribution in [2.45, 2.75) is 13.0 Å². The Balaban J connectivity index is 2.09. The van der Waals surface area contributed by atoms with Crippen molar-refractivity contribution in [3.63, 3.8) is 0 Å². The maximum Gasteiger partial charge on any atom is 0.134 e. The van der Waals surface area contributed by atoms with Gasteiger partial charge in [0.15, 0.2) is 0 Å². The molecule has 0 aliphatic heterocycles. The fraction of sp³-hybridized carbons (Fsp3) is 0.176. The summed E-state index contributed by atoms with van der Waals surface area (Å²) < 4.78 is 32.3. The van der Waals surface area contributed by atoms with E-state index in [4.69, 9.17) is 4.42 Å². The van der Waals surface area contributed by atoms with Crippen molar-refractivity contribution in [1.29, 1.82) is 0 Å². The standard InChI is InChI=1S/C17H15F2NO/c1-10-7-12(18)3-5-14(10)17(20-2)16-9-11-8-13(19)4-6-15(11)21-16/h3-9,17,20H,1-2H3. The van der Waals surface area contributed by atoms with Crippen molar-refractivity contribution in [2.75, 3.05) is 7.05 Å². The van der Waals surface area contributed by atoms with Crippen molar-refractivity contribution in [3.05, 3.63) is 71.0 Å². The number of halogens is 2. The van der Waals surface area contributed by atoms with Crippen molar-refractivity contribution >= 4 is 11.0 Å². The van der Waals surface area contributed by atoms with Gasteiger partial charge in [0.1, 0.15) is 23.0 Å². The third-order valence-corrected chi connectivity index (χ3v) is 3.61. The molecular weight excluding hydrogens is 272 g/mol. The fourth-order valence-electron chi connectivity index (χ4n) is 2.59. The minimum absolute atomic E-state index is 0.207. The molecule has 0 saturated carbocycles. The van der Waals surface area contributed by atoms with Gasteiger partial charge in [0.05, 0.1) is 6.04 Å². The summed E-state index contributed by atoms with van der Waals surface area (Å²) in [6, 6.07) is 10.7. The molecule has 0 spiro atoms. The van der Waals surface area contributed by atoms with Crippen LogP contribution in [0.25, 0.3) is 11.0 Å². The van der Waals surface area contributed by atoms with E-state index in [1.165, 1.54) is 24.3 Å². The number of hydrogen-bond donors (Lipinski definition) is 1. The molecule has 0 bridgehead atoms. The predicted molar refractivity (Wildman–Crippen MR) is 78.2 cm³/mol. The fourth-order valence-corrected chi connectivity index (χ4v) is 2.59. The molecule has 0 amide bonds. The smallest absolute Gasteiger partial charge is 0.134 e. The van der Waals surface area contributed by atoms with E-state index >= 15 is 0 Å². The molecule has 1 aromatic heterocycles. The van der Waals surface area contributed by atoms with E-state index in [0.29, 0.717) is 16.7 Å². The summed E-state index contributed by atoms with van der Waals surface area (Å²) in [4.78, 5) is 0. The summed E-state index contributed by atoms with van der Waals surface area (Å²) in [5.41, 5.74) is 2.39. The molecule has 0 fully saturated rings. The van der Waals surface area contributed by atoms with Gasteiger partial charge >= 0.3 is 0 Å². The van der Waals surface area contributed by atoms with Gasteiger partial charge in [-0.3, -0.25) is 0 Å². The molecule has 0 radical (unpaired) electrons. The highest BCUT2D eigenvalue weighted by Gasteiger charge is 2.19. The van der Waals surface area contributed by atoms with Crippen molar-refractivity contribution in [1.82, 2.24) is 5.32 Å². The van der Waals surface area contributed by atoms with E-state index in [2.05, 4.69) is 5.32 Å². The van der Waals surface area contributed by atoms with Crippen LogP contribution in [-0.2, 0) is 0 Å². The van der Waals surface area contributed by atoms with Gasteiger partial charge in [-0.1, -0.05) is 6.07 Å². The van der Waals surface area contributed by atoms with Gasteiger partial charge in [0.25, 0.3) is 0 Å². The molecule has 1 heterocycles. The summed E-state index contributed by atoms with van der Waals surface area (Å²) in [5, 5.41) is 3.87. The van der Waals surface area contributed by atoms with E-state index in [-0.39, 0.29) is 17.7 Å². The van der Waals surface area contributed by atoms with Crippen LogP contribution in [0.4, 0.5) is 8.78 Å². The Morgan fingerprint density at radius 2 is 1.71 bits per heavy atom. The zero-order valence-electron chi connectivity index (χ0n) is 11.8. The van der Waals surface area contributed by atoms with Gasteiger partial charge < -0.3 is 9.73 Å². The number of fused-ring (bicyclic) bond motifs is 1. The van der Waals surface area contributed by atoms with E-state index in [1.807, 2.05) is 13.0 Å². The van der Waals surface area contributed by atoms with Crippen molar-refractivity contribution in [3.8, 4) is 0 Å². The summed E-state index contributed by atoms with van der Waals surface area (Å²) in [5.74, 6) is 0.111. The molecule has 4 heteroatoms. The van der Waals surface area contributed by atoms with Gasteiger partial charge in [-0.15, -0.1) is 0 Å². The third kappa shape index (κ3) is 2.54. The largest absolute Gasteiger partial charge is 0.459 e. The molecule has 3 aromatic rings. The maximum atomic E-state index is 13.3.